The molecule has 0 radical (unpaired) electrons. The maximum atomic E-state index is 12.1. The Kier molecular flexibility index (Phi) is 3.79. The smallest absolute Gasteiger partial charge is 0.280 e. The molecule has 0 saturated carbocycles. The van der Waals surface area contributed by atoms with Gasteiger partial charge in [-0.2, -0.15) is 4.98 Å². The number of aromatic amines is 1. The van der Waals surface area contributed by atoms with Crippen molar-refractivity contribution in [2.75, 3.05) is 12.3 Å². The Morgan fingerprint density at radius 2 is 2.04 bits per heavy atom. The van der Waals surface area contributed by atoms with Gasteiger partial charge in [-0.25, -0.2) is 4.98 Å². The summed E-state index contributed by atoms with van der Waals surface area (Å²) in [6.45, 7) is 13.9. The molecule has 4 atom stereocenters. The highest BCUT2D eigenvalue weighted by molar-refractivity contribution is 5.70. The fourth-order valence-corrected chi connectivity index (χ4v) is 5.11. The molecular formula is C19H29N5O3. The minimum absolute atomic E-state index is 0.00147. The molecule has 0 aromatic carbocycles. The van der Waals surface area contributed by atoms with Gasteiger partial charge in [0.05, 0.1) is 12.9 Å². The van der Waals surface area contributed by atoms with Gasteiger partial charge in [0.1, 0.15) is 11.7 Å². The Morgan fingerprint density at radius 1 is 1.33 bits per heavy atom. The average molecular weight is 375 g/mol. The third kappa shape index (κ3) is 2.86. The van der Waals surface area contributed by atoms with E-state index < -0.39 is 0 Å². The molecule has 2 aliphatic heterocycles. The lowest BCUT2D eigenvalue weighted by Gasteiger charge is -2.40. The van der Waals surface area contributed by atoms with Crippen LogP contribution in [-0.4, -0.2) is 37.8 Å². The summed E-state index contributed by atoms with van der Waals surface area (Å²) in [6.07, 6.45) is 1.97. The highest BCUT2D eigenvalue weighted by Gasteiger charge is 2.65. The molecule has 0 spiro atoms. The van der Waals surface area contributed by atoms with Crippen molar-refractivity contribution >= 4 is 17.1 Å². The minimum atomic E-state index is -0.385. The zero-order chi connectivity index (χ0) is 19.8. The van der Waals surface area contributed by atoms with Crippen LogP contribution in [-0.2, 0) is 9.47 Å². The second-order valence-electron chi connectivity index (χ2n) is 10.2. The lowest BCUT2D eigenvalue weighted by Crippen LogP contribution is -2.45. The van der Waals surface area contributed by atoms with Crippen LogP contribution < -0.4 is 11.3 Å². The summed E-state index contributed by atoms with van der Waals surface area (Å²) in [7, 11) is 0. The minimum Gasteiger partial charge on any atom is -0.370 e. The van der Waals surface area contributed by atoms with Crippen LogP contribution in [0.5, 0.6) is 0 Å². The van der Waals surface area contributed by atoms with Crippen LogP contribution in [0.3, 0.4) is 0 Å². The molecule has 8 nitrogen and oxygen atoms in total. The molecule has 8 heteroatoms. The van der Waals surface area contributed by atoms with E-state index in [-0.39, 0.29) is 51.7 Å². The van der Waals surface area contributed by atoms with E-state index in [1.54, 1.807) is 10.9 Å². The SMILES string of the molecule is CC(C)(C)C[C@]12COC(C(n3cnc4c(=O)[nH]c(N)nc43)O1)C2C(C)(C)C. The lowest BCUT2D eigenvalue weighted by atomic mass is 9.66. The highest BCUT2D eigenvalue weighted by atomic mass is 16.6. The molecule has 2 aliphatic rings. The molecule has 3 unspecified atom stereocenters. The molecule has 2 aromatic heterocycles. The van der Waals surface area contributed by atoms with Crippen molar-refractivity contribution in [3.63, 3.8) is 0 Å². The second-order valence-corrected chi connectivity index (χ2v) is 10.2. The Labute approximate surface area is 158 Å². The van der Waals surface area contributed by atoms with Crippen LogP contribution in [0.4, 0.5) is 5.95 Å². The quantitative estimate of drug-likeness (QED) is 0.835. The molecule has 0 aliphatic carbocycles. The second kappa shape index (κ2) is 5.54. The Balaban J connectivity index is 1.82. The molecule has 2 aromatic rings. The summed E-state index contributed by atoms with van der Waals surface area (Å²) in [5.41, 5.74) is 5.80. The van der Waals surface area contributed by atoms with Crippen molar-refractivity contribution in [1.29, 1.82) is 0 Å². The van der Waals surface area contributed by atoms with Crippen molar-refractivity contribution in [3.8, 4) is 0 Å². The number of hydrogen-bond donors (Lipinski definition) is 2. The highest BCUT2D eigenvalue weighted by Crippen LogP contribution is 2.59. The number of hydrogen-bond acceptors (Lipinski definition) is 6. The molecule has 2 bridgehead atoms. The molecule has 148 valence electrons. The van der Waals surface area contributed by atoms with E-state index in [1.807, 2.05) is 0 Å². The fourth-order valence-electron chi connectivity index (χ4n) is 5.11. The molecule has 3 N–H and O–H groups in total. The van der Waals surface area contributed by atoms with Gasteiger partial charge in [0, 0.05) is 5.92 Å². The number of ether oxygens (including phenoxy) is 2. The molecule has 2 saturated heterocycles. The number of fused-ring (bicyclic) bond motifs is 3. The van der Waals surface area contributed by atoms with Gasteiger partial charge in [-0.05, 0) is 17.3 Å². The van der Waals surface area contributed by atoms with E-state index in [4.69, 9.17) is 15.2 Å². The van der Waals surface area contributed by atoms with E-state index in [0.29, 0.717) is 12.3 Å². The first kappa shape index (κ1) is 18.4. The molecule has 4 rings (SSSR count). The van der Waals surface area contributed by atoms with E-state index in [1.165, 1.54) is 0 Å². The number of nitrogens with two attached hydrogens (primary N) is 1. The summed E-state index contributed by atoms with van der Waals surface area (Å²) >= 11 is 0. The van der Waals surface area contributed by atoms with Crippen molar-refractivity contribution in [2.45, 2.75) is 65.9 Å². The Bertz CT molecular complexity index is 935. The molecule has 4 heterocycles. The van der Waals surface area contributed by atoms with E-state index in [9.17, 15) is 4.79 Å². The largest absolute Gasteiger partial charge is 0.370 e. The lowest BCUT2D eigenvalue weighted by molar-refractivity contribution is -0.182. The topological polar surface area (TPSA) is 108 Å². The average Bonchev–Trinajstić information content (AvgIpc) is 3.12. The van der Waals surface area contributed by atoms with E-state index in [0.717, 1.165) is 6.42 Å². The van der Waals surface area contributed by atoms with Crippen LogP contribution >= 0.6 is 0 Å². The number of aromatic nitrogens is 4. The molecule has 0 amide bonds. The summed E-state index contributed by atoms with van der Waals surface area (Å²) < 4.78 is 14.8. The first-order valence-corrected chi connectivity index (χ1v) is 9.43. The zero-order valence-corrected chi connectivity index (χ0v) is 16.9. The first-order valence-electron chi connectivity index (χ1n) is 9.43. The molecule has 2 fully saturated rings. The molecular weight excluding hydrogens is 346 g/mol. The predicted molar refractivity (Wildman–Crippen MR) is 102 cm³/mol. The van der Waals surface area contributed by atoms with Crippen LogP contribution in [0.2, 0.25) is 0 Å². The summed E-state index contributed by atoms with van der Waals surface area (Å²) in [4.78, 5) is 23.2. The predicted octanol–water partition coefficient (Wildman–Crippen LogP) is 2.47. The van der Waals surface area contributed by atoms with Gasteiger partial charge in [0.2, 0.25) is 5.95 Å². The monoisotopic (exact) mass is 375 g/mol. The van der Waals surface area contributed by atoms with Crippen LogP contribution in [0.25, 0.3) is 11.2 Å². The Hall–Kier alpha value is -1.93. The summed E-state index contributed by atoms with van der Waals surface area (Å²) in [6, 6.07) is 0. The Morgan fingerprint density at radius 3 is 2.67 bits per heavy atom. The van der Waals surface area contributed by atoms with Gasteiger partial charge in [-0.1, -0.05) is 41.5 Å². The number of nitrogens with one attached hydrogen (secondary N) is 1. The normalized spacial score (nSPS) is 31.1. The number of nitrogen functional groups attached to an aromatic ring is 1. The van der Waals surface area contributed by atoms with Crippen LogP contribution in [0.15, 0.2) is 11.1 Å². The number of H-pyrrole nitrogens is 1. The zero-order valence-electron chi connectivity index (χ0n) is 16.9. The standard InChI is InChI=1S/C19H29N5O3/c1-17(2,3)7-19-8-26-11(12(19)18(4,5)6)15(27-19)24-9-21-10-13(24)22-16(20)23-14(10)25/h9,11-12,15H,7-8H2,1-6H3,(H3,20,22,23,25)/t11?,12?,15?,19-/m1/s1. The number of nitrogens with zero attached hydrogens (tertiary/aromatic N) is 3. The summed E-state index contributed by atoms with van der Waals surface area (Å²) in [5, 5.41) is 0. The maximum Gasteiger partial charge on any atom is 0.280 e. The van der Waals surface area contributed by atoms with E-state index >= 15 is 0 Å². The third-order valence-corrected chi connectivity index (χ3v) is 5.54. The molecule has 27 heavy (non-hydrogen) atoms. The number of rotatable bonds is 2. The van der Waals surface area contributed by atoms with Gasteiger partial charge < -0.3 is 15.2 Å². The third-order valence-electron chi connectivity index (χ3n) is 5.54. The maximum absolute atomic E-state index is 12.1. The van der Waals surface area contributed by atoms with Crippen LogP contribution in [0, 0.1) is 16.7 Å². The van der Waals surface area contributed by atoms with Gasteiger partial charge in [0.15, 0.2) is 17.4 Å². The van der Waals surface area contributed by atoms with Crippen LogP contribution in [0.1, 0.15) is 54.2 Å². The van der Waals surface area contributed by atoms with Gasteiger partial charge in [0.25, 0.3) is 5.56 Å². The van der Waals surface area contributed by atoms with Crippen molar-refractivity contribution in [2.24, 2.45) is 16.7 Å². The van der Waals surface area contributed by atoms with Crippen molar-refractivity contribution in [1.82, 2.24) is 19.5 Å². The van der Waals surface area contributed by atoms with Gasteiger partial charge in [-0.3, -0.25) is 14.3 Å². The fraction of sp³-hybridized carbons (Fsp3) is 0.737. The van der Waals surface area contributed by atoms with Gasteiger partial charge >= 0.3 is 0 Å². The van der Waals surface area contributed by atoms with Crippen molar-refractivity contribution in [3.05, 3.63) is 16.7 Å². The first-order chi connectivity index (χ1) is 12.4. The van der Waals surface area contributed by atoms with Gasteiger partial charge in [-0.15, -0.1) is 0 Å². The van der Waals surface area contributed by atoms with Crippen molar-refractivity contribution < 1.29 is 9.47 Å². The van der Waals surface area contributed by atoms with E-state index in [2.05, 4.69) is 56.5 Å². The number of anilines is 1. The number of imidazole rings is 1. The summed E-state index contributed by atoms with van der Waals surface area (Å²) in [5.74, 6) is 0.279.